The second kappa shape index (κ2) is 7.55. The molecule has 6 heteroatoms. The number of nitrogens with one attached hydrogen (secondary N) is 2. The van der Waals surface area contributed by atoms with Crippen molar-refractivity contribution >= 4 is 27.5 Å². The summed E-state index contributed by atoms with van der Waals surface area (Å²) < 4.78 is 0. The maximum Gasteiger partial charge on any atom is 0.257 e. The van der Waals surface area contributed by atoms with Gasteiger partial charge in [0.1, 0.15) is 0 Å². The van der Waals surface area contributed by atoms with E-state index in [1.54, 1.807) is 0 Å². The van der Waals surface area contributed by atoms with Crippen LogP contribution in [0.3, 0.4) is 0 Å². The molecule has 0 atom stereocenters. The van der Waals surface area contributed by atoms with Gasteiger partial charge in [-0.15, -0.1) is 10.2 Å². The van der Waals surface area contributed by atoms with Crippen molar-refractivity contribution in [2.24, 2.45) is 5.92 Å². The van der Waals surface area contributed by atoms with Gasteiger partial charge in [0.05, 0.1) is 0 Å². The largest absolute Gasteiger partial charge is 0.360 e. The van der Waals surface area contributed by atoms with Crippen molar-refractivity contribution in [3.63, 3.8) is 0 Å². The Morgan fingerprint density at radius 1 is 1.13 bits per heavy atom. The van der Waals surface area contributed by atoms with Gasteiger partial charge in [-0.2, -0.15) is 0 Å². The summed E-state index contributed by atoms with van der Waals surface area (Å²) in [6.07, 6.45) is 6.62. The Kier molecular flexibility index (Phi) is 5.23. The van der Waals surface area contributed by atoms with Crippen molar-refractivity contribution < 1.29 is 4.79 Å². The lowest BCUT2D eigenvalue weighted by Crippen LogP contribution is -2.16. The molecule has 1 saturated carbocycles. The number of carbonyl (C=O) groups is 1. The average Bonchev–Trinajstić information content (AvgIpc) is 3.02. The van der Waals surface area contributed by atoms with E-state index in [2.05, 4.69) is 20.8 Å². The zero-order chi connectivity index (χ0) is 16.1. The van der Waals surface area contributed by atoms with E-state index in [1.165, 1.54) is 43.4 Å². The van der Waals surface area contributed by atoms with Crippen LogP contribution in [0.15, 0.2) is 24.3 Å². The summed E-state index contributed by atoms with van der Waals surface area (Å²) in [5, 5.41) is 15.6. The molecule has 5 nitrogen and oxygen atoms in total. The number of amides is 1. The molecule has 1 aromatic heterocycles. The molecule has 1 amide bonds. The van der Waals surface area contributed by atoms with Crippen LogP contribution in [0, 0.1) is 12.8 Å². The summed E-state index contributed by atoms with van der Waals surface area (Å²) in [4.78, 5) is 12.1. The van der Waals surface area contributed by atoms with Gasteiger partial charge in [-0.3, -0.25) is 10.1 Å². The fourth-order valence-corrected chi connectivity index (χ4v) is 3.49. The molecule has 1 fully saturated rings. The number of aryl methyl sites for hydroxylation is 1. The summed E-state index contributed by atoms with van der Waals surface area (Å²) in [5.74, 6) is 0.582. The molecule has 1 aromatic carbocycles. The molecule has 122 valence electrons. The van der Waals surface area contributed by atoms with Gasteiger partial charge in [0.25, 0.3) is 5.91 Å². The number of nitrogens with zero attached hydrogens (tertiary/aromatic N) is 2. The highest BCUT2D eigenvalue weighted by molar-refractivity contribution is 7.19. The number of benzene rings is 1. The fourth-order valence-electron chi connectivity index (χ4n) is 2.84. The van der Waals surface area contributed by atoms with Gasteiger partial charge >= 0.3 is 0 Å². The highest BCUT2D eigenvalue weighted by atomic mass is 32.1. The van der Waals surface area contributed by atoms with Crippen LogP contribution in [0.2, 0.25) is 0 Å². The normalized spacial score (nSPS) is 15.3. The van der Waals surface area contributed by atoms with Crippen molar-refractivity contribution in [3.8, 4) is 0 Å². The van der Waals surface area contributed by atoms with E-state index in [-0.39, 0.29) is 5.91 Å². The minimum Gasteiger partial charge on any atom is -0.360 e. The van der Waals surface area contributed by atoms with E-state index in [0.29, 0.717) is 10.7 Å². The molecule has 2 N–H and O–H groups in total. The molecule has 0 unspecified atom stereocenters. The fraction of sp³-hybridized carbons (Fsp3) is 0.471. The second-order valence-corrected chi connectivity index (χ2v) is 7.09. The van der Waals surface area contributed by atoms with Gasteiger partial charge in [-0.1, -0.05) is 48.3 Å². The van der Waals surface area contributed by atoms with Gasteiger partial charge in [-0.25, -0.2) is 0 Å². The minimum absolute atomic E-state index is 0.153. The molecule has 23 heavy (non-hydrogen) atoms. The first-order valence-electron chi connectivity index (χ1n) is 8.16. The van der Waals surface area contributed by atoms with E-state index in [4.69, 9.17) is 0 Å². The monoisotopic (exact) mass is 330 g/mol. The Morgan fingerprint density at radius 2 is 1.83 bits per heavy atom. The predicted molar refractivity (Wildman–Crippen MR) is 94.1 cm³/mol. The Bertz CT molecular complexity index is 647. The maximum absolute atomic E-state index is 12.1. The highest BCUT2D eigenvalue weighted by Crippen LogP contribution is 2.25. The maximum atomic E-state index is 12.1. The molecule has 0 bridgehead atoms. The van der Waals surface area contributed by atoms with E-state index in [1.807, 2.05) is 31.2 Å². The van der Waals surface area contributed by atoms with E-state index < -0.39 is 0 Å². The van der Waals surface area contributed by atoms with Crippen LogP contribution < -0.4 is 10.6 Å². The Hall–Kier alpha value is -1.95. The number of anilines is 2. The van der Waals surface area contributed by atoms with E-state index in [0.717, 1.165) is 23.2 Å². The summed E-state index contributed by atoms with van der Waals surface area (Å²) in [6.45, 7) is 2.94. The molecule has 1 aliphatic rings. The Balaban J connectivity index is 1.52. The molecule has 3 rings (SSSR count). The molecular weight excluding hydrogens is 308 g/mol. The second-order valence-electron chi connectivity index (χ2n) is 6.12. The SMILES string of the molecule is Cc1ccc(C(=O)Nc2nnc(NCC3CCCCC3)s2)cc1. The van der Waals surface area contributed by atoms with Gasteiger partial charge in [-0.05, 0) is 37.8 Å². The molecule has 0 spiro atoms. The number of rotatable bonds is 5. The standard InChI is InChI=1S/C17H22N4OS/c1-12-7-9-14(10-8-12)15(22)19-17-21-20-16(23-17)18-11-13-5-3-2-4-6-13/h7-10,13H,2-6,11H2,1H3,(H,18,20)(H,19,21,22). The topological polar surface area (TPSA) is 66.9 Å². The van der Waals surface area contributed by atoms with Gasteiger partial charge in [0, 0.05) is 12.1 Å². The third-order valence-electron chi connectivity index (χ3n) is 4.23. The van der Waals surface area contributed by atoms with Crippen LogP contribution in [0.25, 0.3) is 0 Å². The first kappa shape index (κ1) is 15.9. The van der Waals surface area contributed by atoms with Crippen LogP contribution >= 0.6 is 11.3 Å². The minimum atomic E-state index is -0.153. The molecule has 0 radical (unpaired) electrons. The van der Waals surface area contributed by atoms with Crippen molar-refractivity contribution in [2.45, 2.75) is 39.0 Å². The lowest BCUT2D eigenvalue weighted by atomic mass is 9.89. The van der Waals surface area contributed by atoms with Crippen molar-refractivity contribution in [2.75, 3.05) is 17.2 Å². The predicted octanol–water partition coefficient (Wildman–Crippen LogP) is 4.09. The molecule has 0 saturated heterocycles. The summed E-state index contributed by atoms with van der Waals surface area (Å²) in [6, 6.07) is 7.47. The average molecular weight is 330 g/mol. The summed E-state index contributed by atoms with van der Waals surface area (Å²) >= 11 is 1.38. The van der Waals surface area contributed by atoms with Crippen molar-refractivity contribution in [1.82, 2.24) is 10.2 Å². The van der Waals surface area contributed by atoms with E-state index in [9.17, 15) is 4.79 Å². The van der Waals surface area contributed by atoms with Gasteiger partial charge in [0.15, 0.2) is 0 Å². The number of hydrogen-bond donors (Lipinski definition) is 2. The van der Waals surface area contributed by atoms with Gasteiger partial charge in [0.2, 0.25) is 10.3 Å². The molecule has 0 aliphatic heterocycles. The third-order valence-corrected chi connectivity index (χ3v) is 5.02. The van der Waals surface area contributed by atoms with Crippen LogP contribution in [0.5, 0.6) is 0 Å². The first-order valence-corrected chi connectivity index (χ1v) is 8.98. The molecule has 1 heterocycles. The quantitative estimate of drug-likeness (QED) is 0.866. The Labute approximate surface area is 140 Å². The van der Waals surface area contributed by atoms with Crippen molar-refractivity contribution in [3.05, 3.63) is 35.4 Å². The van der Waals surface area contributed by atoms with Crippen molar-refractivity contribution in [1.29, 1.82) is 0 Å². The number of hydrogen-bond acceptors (Lipinski definition) is 5. The lowest BCUT2D eigenvalue weighted by molar-refractivity contribution is 0.102. The lowest BCUT2D eigenvalue weighted by Gasteiger charge is -2.21. The number of aromatic nitrogens is 2. The smallest absolute Gasteiger partial charge is 0.257 e. The molecule has 1 aliphatic carbocycles. The molecular formula is C17H22N4OS. The number of carbonyl (C=O) groups excluding carboxylic acids is 1. The van der Waals surface area contributed by atoms with Crippen LogP contribution in [0.4, 0.5) is 10.3 Å². The summed E-state index contributed by atoms with van der Waals surface area (Å²) in [7, 11) is 0. The highest BCUT2D eigenvalue weighted by Gasteiger charge is 2.14. The molecule has 2 aromatic rings. The third kappa shape index (κ3) is 4.51. The van der Waals surface area contributed by atoms with Crippen LogP contribution in [0.1, 0.15) is 48.0 Å². The van der Waals surface area contributed by atoms with Crippen LogP contribution in [-0.4, -0.2) is 22.6 Å². The zero-order valence-corrected chi connectivity index (χ0v) is 14.2. The van der Waals surface area contributed by atoms with Gasteiger partial charge < -0.3 is 5.32 Å². The van der Waals surface area contributed by atoms with E-state index >= 15 is 0 Å². The first-order chi connectivity index (χ1) is 11.2. The van der Waals surface area contributed by atoms with Crippen LogP contribution in [-0.2, 0) is 0 Å². The Morgan fingerprint density at radius 3 is 2.57 bits per heavy atom. The summed E-state index contributed by atoms with van der Waals surface area (Å²) in [5.41, 5.74) is 1.76. The zero-order valence-electron chi connectivity index (χ0n) is 13.3.